The smallest absolute Gasteiger partial charge is 0.303 e. The zero-order chi connectivity index (χ0) is 22.7. The first-order chi connectivity index (χ1) is 15.4. The average molecular weight is 487 g/mol. The second-order valence-electron chi connectivity index (χ2n) is 7.33. The molecule has 1 aliphatic heterocycles. The van der Waals surface area contributed by atoms with E-state index in [4.69, 9.17) is 33.4 Å². The lowest BCUT2D eigenvalue weighted by atomic mass is 10.1. The molecular formula is C23H19ClN2O4S2. The highest BCUT2D eigenvalue weighted by atomic mass is 35.5. The van der Waals surface area contributed by atoms with Gasteiger partial charge in [0, 0.05) is 23.6 Å². The normalized spacial score (nSPS) is 15.3. The summed E-state index contributed by atoms with van der Waals surface area (Å²) in [6.45, 7) is 0.493. The highest BCUT2D eigenvalue weighted by Gasteiger charge is 2.31. The summed E-state index contributed by atoms with van der Waals surface area (Å²) in [5.41, 5.74) is 2.43. The number of hydrogen-bond donors (Lipinski definition) is 1. The van der Waals surface area contributed by atoms with Gasteiger partial charge in [-0.05, 0) is 60.9 Å². The van der Waals surface area contributed by atoms with Gasteiger partial charge in [-0.1, -0.05) is 53.2 Å². The summed E-state index contributed by atoms with van der Waals surface area (Å²) in [4.78, 5) is 25.6. The number of rotatable bonds is 8. The van der Waals surface area contributed by atoms with Crippen LogP contribution in [-0.2, 0) is 9.59 Å². The minimum Gasteiger partial charge on any atom is -0.481 e. The molecule has 3 aromatic rings. The monoisotopic (exact) mass is 486 g/mol. The highest BCUT2D eigenvalue weighted by molar-refractivity contribution is 8.26. The lowest BCUT2D eigenvalue weighted by molar-refractivity contribution is -0.137. The van der Waals surface area contributed by atoms with E-state index in [1.165, 1.54) is 11.8 Å². The molecule has 9 heteroatoms. The average Bonchev–Trinajstić information content (AvgIpc) is 3.29. The number of carboxylic acids is 1. The largest absolute Gasteiger partial charge is 0.481 e. The van der Waals surface area contributed by atoms with Gasteiger partial charge in [-0.15, -0.1) is 0 Å². The summed E-state index contributed by atoms with van der Waals surface area (Å²) in [5, 5.41) is 14.3. The van der Waals surface area contributed by atoms with Crippen LogP contribution in [0.5, 0.6) is 0 Å². The first-order valence-corrected chi connectivity index (χ1v) is 11.6. The van der Waals surface area contributed by atoms with Crippen molar-refractivity contribution in [2.75, 3.05) is 6.54 Å². The van der Waals surface area contributed by atoms with Crippen LogP contribution in [0.15, 0.2) is 51.9 Å². The Labute approximate surface area is 199 Å². The van der Waals surface area contributed by atoms with Crippen LogP contribution in [-0.4, -0.2) is 37.9 Å². The van der Waals surface area contributed by atoms with E-state index < -0.39 is 5.97 Å². The molecule has 0 bridgehead atoms. The zero-order valence-corrected chi connectivity index (χ0v) is 19.3. The lowest BCUT2D eigenvalue weighted by Crippen LogP contribution is -2.29. The summed E-state index contributed by atoms with van der Waals surface area (Å²) in [6.07, 6.45) is 4.00. The molecule has 164 valence electrons. The van der Waals surface area contributed by atoms with Crippen LogP contribution in [0.25, 0.3) is 28.3 Å². The van der Waals surface area contributed by atoms with Crippen LogP contribution >= 0.6 is 35.6 Å². The Kier molecular flexibility index (Phi) is 6.93. The Morgan fingerprint density at radius 2 is 1.97 bits per heavy atom. The van der Waals surface area contributed by atoms with Crippen molar-refractivity contribution in [1.82, 2.24) is 10.1 Å². The summed E-state index contributed by atoms with van der Waals surface area (Å²) in [5.74, 6) is -0.287. The molecule has 0 saturated carbocycles. The van der Waals surface area contributed by atoms with Gasteiger partial charge in [-0.25, -0.2) is 0 Å². The topological polar surface area (TPSA) is 83.6 Å². The number of carboxylic acid groups (broad SMARTS) is 1. The van der Waals surface area contributed by atoms with Crippen molar-refractivity contribution in [3.05, 3.63) is 58.0 Å². The van der Waals surface area contributed by atoms with Gasteiger partial charge in [0.15, 0.2) is 5.76 Å². The van der Waals surface area contributed by atoms with Crippen molar-refractivity contribution in [3.8, 4) is 11.3 Å². The summed E-state index contributed by atoms with van der Waals surface area (Å²) < 4.78 is 6.07. The van der Waals surface area contributed by atoms with E-state index in [-0.39, 0.29) is 12.3 Å². The molecule has 1 N–H and O–H groups in total. The molecule has 0 radical (unpaired) electrons. The van der Waals surface area contributed by atoms with Gasteiger partial charge in [0.2, 0.25) is 0 Å². The first-order valence-electron chi connectivity index (χ1n) is 10.0. The van der Waals surface area contributed by atoms with Gasteiger partial charge < -0.3 is 9.63 Å². The van der Waals surface area contributed by atoms with E-state index in [1.807, 2.05) is 36.4 Å². The molecule has 0 unspecified atom stereocenters. The molecule has 1 amide bonds. The number of thiocarbonyl (C=S) groups is 1. The second-order valence-corrected chi connectivity index (χ2v) is 9.45. The van der Waals surface area contributed by atoms with E-state index in [0.29, 0.717) is 39.4 Å². The van der Waals surface area contributed by atoms with Crippen LogP contribution in [0.2, 0.25) is 5.02 Å². The number of nitrogens with zero attached hydrogens (tertiary/aromatic N) is 2. The number of benzene rings is 2. The number of aliphatic carboxylic acids is 1. The van der Waals surface area contributed by atoms with Crippen molar-refractivity contribution >= 4 is 68.8 Å². The Balaban J connectivity index is 1.50. The third kappa shape index (κ3) is 5.03. The molecule has 1 saturated heterocycles. The molecule has 1 aliphatic rings. The Morgan fingerprint density at radius 1 is 1.19 bits per heavy atom. The fourth-order valence-electron chi connectivity index (χ4n) is 3.43. The minimum absolute atomic E-state index is 0.124. The lowest BCUT2D eigenvalue weighted by Gasteiger charge is -2.13. The van der Waals surface area contributed by atoms with Crippen molar-refractivity contribution in [2.24, 2.45) is 0 Å². The molecule has 1 aromatic heterocycles. The maximum atomic E-state index is 12.8. The Morgan fingerprint density at radius 3 is 2.72 bits per heavy atom. The number of fused-ring (bicyclic) bond motifs is 1. The maximum absolute atomic E-state index is 12.8. The van der Waals surface area contributed by atoms with Crippen molar-refractivity contribution in [2.45, 2.75) is 25.7 Å². The molecule has 0 atom stereocenters. The van der Waals surface area contributed by atoms with Gasteiger partial charge in [-0.3, -0.25) is 14.5 Å². The predicted molar refractivity (Wildman–Crippen MR) is 130 cm³/mol. The van der Waals surface area contributed by atoms with Gasteiger partial charge >= 0.3 is 5.97 Å². The van der Waals surface area contributed by atoms with Crippen LogP contribution in [0.4, 0.5) is 0 Å². The SMILES string of the molecule is O=C(O)CCCCCN1C(=O)/C(=C\c2ccc3noc(-c4ccc(Cl)cc4)c3c2)SC1=S. The van der Waals surface area contributed by atoms with E-state index in [2.05, 4.69) is 5.16 Å². The summed E-state index contributed by atoms with van der Waals surface area (Å²) in [6, 6.07) is 13.0. The van der Waals surface area contributed by atoms with Crippen LogP contribution in [0.3, 0.4) is 0 Å². The highest BCUT2D eigenvalue weighted by Crippen LogP contribution is 2.35. The third-order valence-electron chi connectivity index (χ3n) is 5.05. The van der Waals surface area contributed by atoms with Gasteiger partial charge in [0.1, 0.15) is 9.84 Å². The number of amides is 1. The quantitative estimate of drug-likeness (QED) is 0.237. The van der Waals surface area contributed by atoms with E-state index >= 15 is 0 Å². The van der Waals surface area contributed by atoms with Crippen LogP contribution < -0.4 is 0 Å². The molecule has 32 heavy (non-hydrogen) atoms. The van der Waals surface area contributed by atoms with Gasteiger partial charge in [0.25, 0.3) is 5.91 Å². The summed E-state index contributed by atoms with van der Waals surface area (Å²) >= 11 is 12.6. The van der Waals surface area contributed by atoms with Gasteiger partial charge in [0.05, 0.1) is 10.3 Å². The maximum Gasteiger partial charge on any atom is 0.303 e. The molecule has 0 aliphatic carbocycles. The van der Waals surface area contributed by atoms with Crippen LogP contribution in [0.1, 0.15) is 31.2 Å². The number of aromatic nitrogens is 1. The molecule has 6 nitrogen and oxygen atoms in total. The van der Waals surface area contributed by atoms with Crippen LogP contribution in [0, 0.1) is 0 Å². The van der Waals surface area contributed by atoms with Gasteiger partial charge in [-0.2, -0.15) is 0 Å². The zero-order valence-electron chi connectivity index (χ0n) is 16.9. The molecule has 1 fully saturated rings. The number of halogens is 1. The standard InChI is InChI=1S/C23H19ClN2O4S2/c24-16-8-6-15(7-9-16)21-17-12-14(5-10-18(17)25-30-21)13-19-22(29)26(23(31)32-19)11-3-1-2-4-20(27)28/h5-10,12-13H,1-4,11H2,(H,27,28)/b19-13+. The van der Waals surface area contributed by atoms with Crippen molar-refractivity contribution < 1.29 is 19.2 Å². The number of carbonyl (C=O) groups excluding carboxylic acids is 1. The second kappa shape index (κ2) is 9.85. The number of hydrogen-bond acceptors (Lipinski definition) is 6. The number of carbonyl (C=O) groups is 2. The van der Waals surface area contributed by atoms with E-state index in [9.17, 15) is 9.59 Å². The Bertz CT molecular complexity index is 1220. The fraction of sp³-hybridized carbons (Fsp3) is 0.217. The first kappa shape index (κ1) is 22.5. The molecule has 2 aromatic carbocycles. The van der Waals surface area contributed by atoms with Crippen molar-refractivity contribution in [1.29, 1.82) is 0 Å². The minimum atomic E-state index is -0.803. The summed E-state index contributed by atoms with van der Waals surface area (Å²) in [7, 11) is 0. The van der Waals surface area contributed by atoms with E-state index in [1.54, 1.807) is 17.0 Å². The number of unbranched alkanes of at least 4 members (excludes halogenated alkanes) is 2. The molecular weight excluding hydrogens is 468 g/mol. The molecule has 4 rings (SSSR count). The molecule has 2 heterocycles. The third-order valence-corrected chi connectivity index (χ3v) is 6.68. The Hall–Kier alpha value is -2.68. The fourth-order valence-corrected chi connectivity index (χ4v) is 4.86. The molecule has 0 spiro atoms. The van der Waals surface area contributed by atoms with E-state index in [0.717, 1.165) is 28.5 Å². The van der Waals surface area contributed by atoms with Crippen molar-refractivity contribution in [3.63, 3.8) is 0 Å². The number of thioether (sulfide) groups is 1. The predicted octanol–water partition coefficient (Wildman–Crippen LogP) is 5.99.